The van der Waals surface area contributed by atoms with Crippen LogP contribution in [0.5, 0.6) is 0 Å². The molecule has 4 N–H and O–H groups in total. The van der Waals surface area contributed by atoms with Crippen LogP contribution in [0.15, 0.2) is 24.3 Å². The van der Waals surface area contributed by atoms with Gasteiger partial charge in [-0.2, -0.15) is 0 Å². The fourth-order valence-corrected chi connectivity index (χ4v) is 2.78. The zero-order chi connectivity index (χ0) is 17.6. The summed E-state index contributed by atoms with van der Waals surface area (Å²) in [5, 5.41) is 24.0. The van der Waals surface area contributed by atoms with Gasteiger partial charge in [-0.1, -0.05) is 31.2 Å². The normalized spacial score (nSPS) is 16.3. The molecule has 0 saturated carbocycles. The summed E-state index contributed by atoms with van der Waals surface area (Å²) < 4.78 is 0. The maximum atomic E-state index is 11.9. The van der Waals surface area contributed by atoms with Gasteiger partial charge in [-0.3, -0.25) is 4.90 Å². The number of hydrogen-bond donors (Lipinski definition) is 4. The molecule has 1 atom stereocenters. The van der Waals surface area contributed by atoms with E-state index in [1.165, 1.54) is 11.1 Å². The zero-order valence-corrected chi connectivity index (χ0v) is 14.6. The van der Waals surface area contributed by atoms with Crippen LogP contribution in [-0.4, -0.2) is 60.0 Å². The number of aliphatic hydroxyl groups is 2. The molecule has 1 aliphatic heterocycles. The highest BCUT2D eigenvalue weighted by atomic mass is 16.3. The smallest absolute Gasteiger partial charge is 0.314 e. The van der Waals surface area contributed by atoms with Crippen molar-refractivity contribution in [3.63, 3.8) is 0 Å². The summed E-state index contributed by atoms with van der Waals surface area (Å²) in [6.45, 7) is 6.18. The van der Waals surface area contributed by atoms with E-state index in [2.05, 4.69) is 46.7 Å². The number of nitrogens with zero attached hydrogens (tertiary/aromatic N) is 1. The number of amides is 2. The lowest BCUT2D eigenvalue weighted by Gasteiger charge is -2.34. The minimum Gasteiger partial charge on any atom is -0.396 e. The standard InChI is InChI=1S/C18H29N3O3/c1-14(9-19-17(24)20-11-18(2,12-22)13-23)21-8-7-15-5-3-4-6-16(15)10-21/h3-6,14,22-23H,7-13H2,1-2H3,(H2,19,20,24). The summed E-state index contributed by atoms with van der Waals surface area (Å²) in [4.78, 5) is 14.3. The molecule has 1 aromatic rings. The quantitative estimate of drug-likeness (QED) is 0.592. The van der Waals surface area contributed by atoms with Crippen molar-refractivity contribution in [2.75, 3.05) is 32.8 Å². The summed E-state index contributed by atoms with van der Waals surface area (Å²) in [6, 6.07) is 8.47. The van der Waals surface area contributed by atoms with Crippen LogP contribution in [0.3, 0.4) is 0 Å². The fraction of sp³-hybridized carbons (Fsp3) is 0.611. The third-order valence-electron chi connectivity index (χ3n) is 4.78. The third kappa shape index (κ3) is 4.93. The molecule has 0 spiro atoms. The summed E-state index contributed by atoms with van der Waals surface area (Å²) in [6.07, 6.45) is 1.04. The molecular formula is C18H29N3O3. The molecule has 1 heterocycles. The van der Waals surface area contributed by atoms with Crippen molar-refractivity contribution in [2.24, 2.45) is 5.41 Å². The Labute approximate surface area is 143 Å². The van der Waals surface area contributed by atoms with E-state index in [1.54, 1.807) is 6.92 Å². The van der Waals surface area contributed by atoms with E-state index in [0.29, 0.717) is 6.54 Å². The van der Waals surface area contributed by atoms with Gasteiger partial charge in [0, 0.05) is 37.6 Å². The van der Waals surface area contributed by atoms with Crippen molar-refractivity contribution in [3.05, 3.63) is 35.4 Å². The van der Waals surface area contributed by atoms with Gasteiger partial charge in [0.05, 0.1) is 13.2 Å². The predicted octanol–water partition coefficient (Wildman–Crippen LogP) is 0.723. The van der Waals surface area contributed by atoms with Crippen LogP contribution in [-0.2, 0) is 13.0 Å². The molecule has 0 fully saturated rings. The van der Waals surface area contributed by atoms with Crippen molar-refractivity contribution in [3.8, 4) is 0 Å². The first-order valence-electron chi connectivity index (χ1n) is 8.52. The number of hydrogen-bond acceptors (Lipinski definition) is 4. The highest BCUT2D eigenvalue weighted by molar-refractivity contribution is 5.73. The largest absolute Gasteiger partial charge is 0.396 e. The van der Waals surface area contributed by atoms with Crippen LogP contribution < -0.4 is 10.6 Å². The Bertz CT molecular complexity index is 546. The molecule has 6 heteroatoms. The minimum absolute atomic E-state index is 0.173. The maximum Gasteiger partial charge on any atom is 0.314 e. The van der Waals surface area contributed by atoms with Gasteiger partial charge in [0.15, 0.2) is 0 Å². The Hall–Kier alpha value is -1.63. The van der Waals surface area contributed by atoms with Crippen molar-refractivity contribution < 1.29 is 15.0 Å². The lowest BCUT2D eigenvalue weighted by molar-refractivity contribution is 0.0716. The van der Waals surface area contributed by atoms with E-state index in [0.717, 1.165) is 19.5 Å². The van der Waals surface area contributed by atoms with E-state index >= 15 is 0 Å². The van der Waals surface area contributed by atoms with Crippen LogP contribution in [0.4, 0.5) is 4.79 Å². The van der Waals surface area contributed by atoms with Gasteiger partial charge < -0.3 is 20.8 Å². The number of nitrogens with one attached hydrogen (secondary N) is 2. The number of aliphatic hydroxyl groups excluding tert-OH is 2. The molecular weight excluding hydrogens is 306 g/mol. The van der Waals surface area contributed by atoms with Crippen molar-refractivity contribution in [1.29, 1.82) is 0 Å². The molecule has 1 aliphatic rings. The number of carbonyl (C=O) groups is 1. The number of fused-ring (bicyclic) bond motifs is 1. The van der Waals surface area contributed by atoms with E-state index < -0.39 is 5.41 Å². The minimum atomic E-state index is -0.695. The lowest BCUT2D eigenvalue weighted by atomic mass is 9.93. The van der Waals surface area contributed by atoms with Gasteiger partial charge >= 0.3 is 6.03 Å². The Morgan fingerprint density at radius 3 is 2.58 bits per heavy atom. The van der Waals surface area contributed by atoms with Crippen LogP contribution in [0.1, 0.15) is 25.0 Å². The molecule has 1 aromatic carbocycles. The highest BCUT2D eigenvalue weighted by Crippen LogP contribution is 2.19. The number of rotatable bonds is 7. The number of benzene rings is 1. The molecule has 24 heavy (non-hydrogen) atoms. The molecule has 0 radical (unpaired) electrons. The summed E-state index contributed by atoms with van der Waals surface area (Å²) >= 11 is 0. The van der Waals surface area contributed by atoms with Crippen molar-refractivity contribution in [1.82, 2.24) is 15.5 Å². The molecule has 1 unspecified atom stereocenters. The molecule has 0 bridgehead atoms. The number of carbonyl (C=O) groups excluding carboxylic acids is 1. The third-order valence-corrected chi connectivity index (χ3v) is 4.78. The lowest BCUT2D eigenvalue weighted by Crippen LogP contribution is -2.49. The van der Waals surface area contributed by atoms with E-state index in [-0.39, 0.29) is 31.8 Å². The number of urea groups is 1. The second-order valence-electron chi connectivity index (χ2n) is 7.03. The molecule has 2 amide bonds. The Morgan fingerprint density at radius 1 is 1.25 bits per heavy atom. The first-order chi connectivity index (χ1) is 11.5. The van der Waals surface area contributed by atoms with Gasteiger partial charge in [0.25, 0.3) is 0 Å². The molecule has 134 valence electrons. The average molecular weight is 335 g/mol. The summed E-state index contributed by atoms with van der Waals surface area (Å²) in [5.41, 5.74) is 2.08. The van der Waals surface area contributed by atoms with Gasteiger partial charge in [0.1, 0.15) is 0 Å². The second-order valence-corrected chi connectivity index (χ2v) is 7.03. The van der Waals surface area contributed by atoms with Crippen LogP contribution in [0.25, 0.3) is 0 Å². The Morgan fingerprint density at radius 2 is 1.92 bits per heavy atom. The molecule has 6 nitrogen and oxygen atoms in total. The highest BCUT2D eigenvalue weighted by Gasteiger charge is 2.24. The molecule has 2 rings (SSSR count). The SMILES string of the molecule is CC(CNC(=O)NCC(C)(CO)CO)N1CCc2ccccc2C1. The van der Waals surface area contributed by atoms with Crippen molar-refractivity contribution in [2.45, 2.75) is 32.9 Å². The van der Waals surface area contributed by atoms with E-state index in [4.69, 9.17) is 0 Å². The van der Waals surface area contributed by atoms with Gasteiger partial charge in [-0.05, 0) is 24.5 Å². The molecule has 0 aromatic heterocycles. The fourth-order valence-electron chi connectivity index (χ4n) is 2.78. The average Bonchev–Trinajstić information content (AvgIpc) is 2.63. The topological polar surface area (TPSA) is 84.8 Å². The van der Waals surface area contributed by atoms with E-state index in [1.807, 2.05) is 0 Å². The van der Waals surface area contributed by atoms with Gasteiger partial charge in [-0.25, -0.2) is 4.79 Å². The van der Waals surface area contributed by atoms with Crippen LogP contribution >= 0.6 is 0 Å². The van der Waals surface area contributed by atoms with Crippen LogP contribution in [0, 0.1) is 5.41 Å². The first kappa shape index (κ1) is 18.7. The van der Waals surface area contributed by atoms with Gasteiger partial charge in [0.2, 0.25) is 0 Å². The zero-order valence-electron chi connectivity index (χ0n) is 14.6. The van der Waals surface area contributed by atoms with Crippen molar-refractivity contribution >= 4 is 6.03 Å². The molecule has 0 aliphatic carbocycles. The summed E-state index contributed by atoms with van der Waals surface area (Å²) in [7, 11) is 0. The Balaban J connectivity index is 1.75. The monoisotopic (exact) mass is 335 g/mol. The molecule has 0 saturated heterocycles. The predicted molar refractivity (Wildman–Crippen MR) is 93.7 cm³/mol. The first-order valence-corrected chi connectivity index (χ1v) is 8.52. The van der Waals surface area contributed by atoms with E-state index in [9.17, 15) is 15.0 Å². The van der Waals surface area contributed by atoms with Gasteiger partial charge in [-0.15, -0.1) is 0 Å². The second kappa shape index (κ2) is 8.46. The van der Waals surface area contributed by atoms with Crippen LogP contribution in [0.2, 0.25) is 0 Å². The Kier molecular flexibility index (Phi) is 6.60. The maximum absolute atomic E-state index is 11.9. The summed E-state index contributed by atoms with van der Waals surface area (Å²) in [5.74, 6) is 0.